The third-order valence-electron chi connectivity index (χ3n) is 11.2. The molecule has 0 saturated heterocycles. The van der Waals surface area contributed by atoms with Crippen molar-refractivity contribution in [2.24, 2.45) is 0 Å². The van der Waals surface area contributed by atoms with Crippen LogP contribution < -0.4 is 26.4 Å². The minimum Gasteiger partial charge on any atom is -0.201 e. The number of benzene rings is 5. The molecule has 0 bridgehead atoms. The highest BCUT2D eigenvalue weighted by Gasteiger charge is 2.47. The summed E-state index contributed by atoms with van der Waals surface area (Å²) in [6, 6.07) is 6.23. The fourth-order valence-electron chi connectivity index (χ4n) is 7.83. The molecule has 0 atom stereocenters. The first-order chi connectivity index (χ1) is 33.0. The van der Waals surface area contributed by atoms with Crippen LogP contribution in [0.5, 0.6) is 0 Å². The van der Waals surface area contributed by atoms with Gasteiger partial charge in [0.2, 0.25) is 0 Å². The molecule has 0 saturated carbocycles. The van der Waals surface area contributed by atoms with Crippen LogP contribution in [0.25, 0.3) is 0 Å². The van der Waals surface area contributed by atoms with Gasteiger partial charge in [0.25, 0.3) is 0 Å². The zero-order valence-corrected chi connectivity index (χ0v) is 36.5. The van der Waals surface area contributed by atoms with Crippen LogP contribution in [0.4, 0.5) is 105 Å². The topological polar surface area (TPSA) is 3.88 Å². The maximum atomic E-state index is 14.2. The van der Waals surface area contributed by atoms with E-state index in [0.717, 1.165) is 6.54 Å². The number of pyridine rings is 1. The molecule has 5 aromatic carbocycles. The van der Waals surface area contributed by atoms with E-state index in [1.165, 1.54) is 11.1 Å². The van der Waals surface area contributed by atoms with E-state index in [1.807, 2.05) is 6.07 Å². The standard InChI is InChI=1S/C32H12BF24.C15H18N/c34-25(35,36)13-1-14(26(37,38)39)6-21(5-13)33(22-7-15(27(40,41)42)2-16(8-22)28(43,44)45,23-9-17(29(46,47)48)3-18(10-23)30(49,50)51)24-11-19(31(52,53)54)4-20(12-24)32(55,56)57;1-13(2)15-8-6-14(7-9-15)12-16-10-4-3-5-11-16/h1-12H;3-11,13H,12H2,1-2H3/q-1;+1. The minimum absolute atomic E-state index is 0.610. The summed E-state index contributed by atoms with van der Waals surface area (Å²) in [5, 5.41) is 0. The molecular formula is C47H30BF24N. The molecule has 0 unspecified atom stereocenters. The van der Waals surface area contributed by atoms with Gasteiger partial charge in [0.15, 0.2) is 18.9 Å². The largest absolute Gasteiger partial charge is 0.416 e. The quantitative estimate of drug-likeness (QED) is 0.0852. The molecule has 73 heavy (non-hydrogen) atoms. The lowest BCUT2D eigenvalue weighted by atomic mass is 9.12. The van der Waals surface area contributed by atoms with Gasteiger partial charge in [-0.1, -0.05) is 92.7 Å². The van der Waals surface area contributed by atoms with Gasteiger partial charge in [-0.3, -0.25) is 0 Å². The van der Waals surface area contributed by atoms with Gasteiger partial charge in [-0.2, -0.15) is 127 Å². The first-order valence-corrected chi connectivity index (χ1v) is 20.4. The Hall–Kier alpha value is -6.37. The lowest BCUT2D eigenvalue weighted by Crippen LogP contribution is -2.75. The highest BCUT2D eigenvalue weighted by Crippen LogP contribution is 2.41. The smallest absolute Gasteiger partial charge is 0.201 e. The number of aromatic nitrogens is 1. The molecule has 0 amide bonds. The van der Waals surface area contributed by atoms with E-state index in [1.54, 1.807) is 0 Å². The predicted molar refractivity (Wildman–Crippen MR) is 216 cm³/mol. The van der Waals surface area contributed by atoms with Crippen LogP contribution in [0.1, 0.15) is 75.4 Å². The van der Waals surface area contributed by atoms with E-state index in [4.69, 9.17) is 0 Å². The Morgan fingerprint density at radius 3 is 0.740 bits per heavy atom. The van der Waals surface area contributed by atoms with E-state index < -0.39 is 195 Å². The van der Waals surface area contributed by atoms with Crippen molar-refractivity contribution in [3.63, 3.8) is 0 Å². The van der Waals surface area contributed by atoms with Crippen molar-refractivity contribution in [2.45, 2.75) is 75.7 Å². The van der Waals surface area contributed by atoms with Gasteiger partial charge in [-0.15, -0.1) is 0 Å². The summed E-state index contributed by atoms with van der Waals surface area (Å²) in [6.45, 7) is 5.39. The third kappa shape index (κ3) is 13.6. The van der Waals surface area contributed by atoms with Gasteiger partial charge < -0.3 is 0 Å². The summed E-state index contributed by atoms with van der Waals surface area (Å²) in [6.07, 6.45) is -50.6. The van der Waals surface area contributed by atoms with Crippen LogP contribution in [0, 0.1) is 0 Å². The van der Waals surface area contributed by atoms with E-state index in [0.29, 0.717) is 5.92 Å². The first kappa shape index (κ1) is 57.5. The maximum absolute atomic E-state index is 14.2. The van der Waals surface area contributed by atoms with E-state index in [-0.39, 0.29) is 0 Å². The lowest BCUT2D eigenvalue weighted by molar-refractivity contribution is -0.688. The fourth-order valence-corrected chi connectivity index (χ4v) is 7.83. The van der Waals surface area contributed by atoms with Crippen molar-refractivity contribution >= 4 is 28.0 Å². The van der Waals surface area contributed by atoms with Crippen molar-refractivity contribution in [2.75, 3.05) is 0 Å². The van der Waals surface area contributed by atoms with Crippen molar-refractivity contribution in [3.05, 3.63) is 183 Å². The molecule has 1 aromatic heterocycles. The molecule has 1 nitrogen and oxygen atoms in total. The summed E-state index contributed by atoms with van der Waals surface area (Å²) in [4.78, 5) is 0. The van der Waals surface area contributed by atoms with Crippen molar-refractivity contribution in [3.8, 4) is 0 Å². The Labute approximate surface area is 396 Å². The summed E-state index contributed by atoms with van der Waals surface area (Å²) in [7, 11) is 0. The maximum Gasteiger partial charge on any atom is 0.416 e. The second-order valence-electron chi connectivity index (χ2n) is 16.7. The molecule has 6 aromatic rings. The Bertz CT molecular complexity index is 2440. The van der Waals surface area contributed by atoms with Crippen molar-refractivity contribution in [1.29, 1.82) is 0 Å². The number of nitrogens with zero attached hydrogens (tertiary/aromatic N) is 1. The number of rotatable bonds is 7. The molecule has 0 aliphatic carbocycles. The Morgan fingerprint density at radius 1 is 0.329 bits per heavy atom. The number of halogens is 24. The van der Waals surface area contributed by atoms with Crippen LogP contribution in [0.3, 0.4) is 0 Å². The molecule has 1 heterocycles. The summed E-state index contributed by atoms with van der Waals surface area (Å²) in [5.74, 6) is 0.610. The summed E-state index contributed by atoms with van der Waals surface area (Å²) < 4.78 is 343. The van der Waals surface area contributed by atoms with E-state index >= 15 is 0 Å². The molecule has 6 rings (SSSR count). The van der Waals surface area contributed by atoms with Crippen LogP contribution >= 0.6 is 0 Å². The molecule has 26 heteroatoms. The first-order valence-electron chi connectivity index (χ1n) is 20.4. The Morgan fingerprint density at radius 2 is 0.548 bits per heavy atom. The van der Waals surface area contributed by atoms with Crippen LogP contribution in [0.2, 0.25) is 0 Å². The molecule has 0 spiro atoms. The average molecular weight is 1080 g/mol. The molecule has 0 fully saturated rings. The fraction of sp³-hybridized carbons (Fsp3) is 0.255. The van der Waals surface area contributed by atoms with Crippen molar-refractivity contribution in [1.82, 2.24) is 0 Å². The number of hydrogen-bond acceptors (Lipinski definition) is 0. The van der Waals surface area contributed by atoms with E-state index in [2.05, 4.69) is 67.2 Å². The second kappa shape index (κ2) is 19.8. The van der Waals surface area contributed by atoms with Gasteiger partial charge in [0.1, 0.15) is 6.15 Å². The highest BCUT2D eigenvalue weighted by molar-refractivity contribution is 7.20. The van der Waals surface area contributed by atoms with Crippen LogP contribution in [0.15, 0.2) is 128 Å². The Kier molecular flexibility index (Phi) is 15.6. The highest BCUT2D eigenvalue weighted by atomic mass is 19.4. The monoisotopic (exact) mass is 1080 g/mol. The molecule has 0 N–H and O–H groups in total. The van der Waals surface area contributed by atoms with Crippen LogP contribution in [-0.2, 0) is 56.0 Å². The predicted octanol–water partition coefficient (Wildman–Crippen LogP) is 14.4. The van der Waals surface area contributed by atoms with Gasteiger partial charge in [0, 0.05) is 17.7 Å². The SMILES string of the molecule is CC(C)c1ccc(C[n+]2ccccc2)cc1.FC(F)(F)c1cc([B-](c2cc(C(F)(F)F)cc(C(F)(F)F)c2)(c2cc(C(F)(F)F)cc(C(F)(F)F)c2)c2cc(C(F)(F)F)cc(C(F)(F)F)c2)cc(C(F)(F)F)c1. The van der Waals surface area contributed by atoms with Gasteiger partial charge in [0.05, 0.1) is 44.5 Å². The summed E-state index contributed by atoms with van der Waals surface area (Å²) >= 11 is 0. The lowest BCUT2D eigenvalue weighted by Gasteiger charge is -2.46. The molecular weight excluding hydrogens is 1050 g/mol. The van der Waals surface area contributed by atoms with E-state index in [9.17, 15) is 105 Å². The number of hydrogen-bond donors (Lipinski definition) is 0. The third-order valence-corrected chi connectivity index (χ3v) is 11.2. The zero-order chi connectivity index (χ0) is 55.3. The minimum atomic E-state index is -6.13. The Balaban J connectivity index is 0.000000520. The summed E-state index contributed by atoms with van der Waals surface area (Å²) in [5.41, 5.74) is -27.5. The molecule has 0 radical (unpaired) electrons. The molecule has 0 aliphatic heterocycles. The molecule has 0 aliphatic rings. The van der Waals surface area contributed by atoms with Gasteiger partial charge in [-0.25, -0.2) is 4.57 Å². The molecule has 394 valence electrons. The second-order valence-corrected chi connectivity index (χ2v) is 16.7. The number of alkyl halides is 24. The van der Waals surface area contributed by atoms with Gasteiger partial charge >= 0.3 is 49.4 Å². The van der Waals surface area contributed by atoms with Gasteiger partial charge in [-0.05, 0) is 35.7 Å². The average Bonchev–Trinajstić information content (AvgIpc) is 3.25. The van der Waals surface area contributed by atoms with Crippen molar-refractivity contribution < 1.29 is 110 Å². The van der Waals surface area contributed by atoms with Crippen LogP contribution in [-0.4, -0.2) is 6.15 Å². The normalized spacial score (nSPS) is 13.5. The zero-order valence-electron chi connectivity index (χ0n) is 36.5.